The summed E-state index contributed by atoms with van der Waals surface area (Å²) in [6.07, 6.45) is 1.89. The Morgan fingerprint density at radius 2 is 2.26 bits per heavy atom. The standard InChI is InChI=1S/C13H13FIN3O/c1-2-3-9-7-12(18-17-9)16-13(19)10-5-4-8(14)6-11(10)15/h4-7H,2-3H2,1H3,(H2,16,17,18,19). The van der Waals surface area contributed by atoms with E-state index in [-0.39, 0.29) is 11.7 Å². The molecule has 0 unspecified atom stereocenters. The molecule has 0 radical (unpaired) electrons. The second kappa shape index (κ2) is 6.14. The van der Waals surface area contributed by atoms with E-state index in [1.165, 1.54) is 18.2 Å². The monoisotopic (exact) mass is 373 g/mol. The Hall–Kier alpha value is -1.44. The van der Waals surface area contributed by atoms with Crippen molar-refractivity contribution in [3.8, 4) is 0 Å². The van der Waals surface area contributed by atoms with Crippen LogP contribution in [0.25, 0.3) is 0 Å². The molecule has 1 aromatic carbocycles. The molecule has 2 rings (SSSR count). The molecule has 0 atom stereocenters. The highest BCUT2D eigenvalue weighted by atomic mass is 127. The van der Waals surface area contributed by atoms with Gasteiger partial charge in [0, 0.05) is 15.3 Å². The second-order valence-corrected chi connectivity index (χ2v) is 5.27. The first kappa shape index (κ1) is 14.0. The number of H-pyrrole nitrogens is 1. The van der Waals surface area contributed by atoms with Crippen molar-refractivity contribution in [1.29, 1.82) is 0 Å². The number of halogens is 2. The predicted molar refractivity (Wildman–Crippen MR) is 79.7 cm³/mol. The van der Waals surface area contributed by atoms with Crippen molar-refractivity contribution in [2.75, 3.05) is 5.32 Å². The second-order valence-electron chi connectivity index (χ2n) is 4.11. The quantitative estimate of drug-likeness (QED) is 0.808. The summed E-state index contributed by atoms with van der Waals surface area (Å²) in [7, 11) is 0. The zero-order valence-corrected chi connectivity index (χ0v) is 12.5. The Morgan fingerprint density at radius 1 is 1.47 bits per heavy atom. The lowest BCUT2D eigenvalue weighted by molar-refractivity contribution is 0.102. The van der Waals surface area contributed by atoms with Gasteiger partial charge in [-0.3, -0.25) is 9.89 Å². The van der Waals surface area contributed by atoms with Crippen LogP contribution in [0, 0.1) is 9.39 Å². The zero-order valence-electron chi connectivity index (χ0n) is 10.3. The molecule has 0 fully saturated rings. The zero-order chi connectivity index (χ0) is 13.8. The Bertz CT molecular complexity index is 597. The van der Waals surface area contributed by atoms with Crippen molar-refractivity contribution < 1.29 is 9.18 Å². The lowest BCUT2D eigenvalue weighted by Crippen LogP contribution is -2.13. The van der Waals surface area contributed by atoms with E-state index in [9.17, 15) is 9.18 Å². The Labute approximate surface area is 123 Å². The number of nitrogens with one attached hydrogen (secondary N) is 2. The molecule has 0 aliphatic heterocycles. The minimum Gasteiger partial charge on any atom is -0.305 e. The Morgan fingerprint density at radius 3 is 2.95 bits per heavy atom. The van der Waals surface area contributed by atoms with E-state index in [1.54, 1.807) is 6.07 Å². The minimum absolute atomic E-state index is 0.293. The van der Waals surface area contributed by atoms with E-state index in [2.05, 4.69) is 22.4 Å². The lowest BCUT2D eigenvalue weighted by Gasteiger charge is -2.04. The molecular weight excluding hydrogens is 360 g/mol. The average molecular weight is 373 g/mol. The number of aromatic nitrogens is 2. The van der Waals surface area contributed by atoms with E-state index in [4.69, 9.17) is 0 Å². The summed E-state index contributed by atoms with van der Waals surface area (Å²) in [5, 5.41) is 9.56. The number of rotatable bonds is 4. The normalized spacial score (nSPS) is 10.5. The highest BCUT2D eigenvalue weighted by Gasteiger charge is 2.12. The van der Waals surface area contributed by atoms with E-state index < -0.39 is 0 Å². The predicted octanol–water partition coefficient (Wildman–Crippen LogP) is 3.36. The van der Waals surface area contributed by atoms with E-state index >= 15 is 0 Å². The number of amides is 1. The van der Waals surface area contributed by atoms with Gasteiger partial charge in [0.15, 0.2) is 5.82 Å². The van der Waals surface area contributed by atoms with Crippen molar-refractivity contribution in [3.63, 3.8) is 0 Å². The van der Waals surface area contributed by atoms with Crippen LogP contribution >= 0.6 is 22.6 Å². The summed E-state index contributed by atoms with van der Waals surface area (Å²) < 4.78 is 13.5. The number of hydrogen-bond donors (Lipinski definition) is 2. The van der Waals surface area contributed by atoms with Gasteiger partial charge in [-0.05, 0) is 47.2 Å². The minimum atomic E-state index is -0.356. The largest absolute Gasteiger partial charge is 0.305 e. The van der Waals surface area contributed by atoms with Crippen molar-refractivity contribution in [1.82, 2.24) is 10.2 Å². The van der Waals surface area contributed by atoms with Crippen molar-refractivity contribution in [3.05, 3.63) is 44.9 Å². The van der Waals surface area contributed by atoms with Crippen LogP contribution in [0.1, 0.15) is 29.4 Å². The van der Waals surface area contributed by atoms with Gasteiger partial charge < -0.3 is 5.32 Å². The molecule has 1 heterocycles. The molecule has 0 spiro atoms. The fraction of sp³-hybridized carbons (Fsp3) is 0.231. The number of benzene rings is 1. The number of nitrogens with zero attached hydrogens (tertiary/aromatic N) is 1. The first-order valence-corrected chi connectivity index (χ1v) is 6.98. The van der Waals surface area contributed by atoms with Crippen LogP contribution in [0.15, 0.2) is 24.3 Å². The molecule has 1 aromatic heterocycles. The maximum absolute atomic E-state index is 13.0. The third kappa shape index (κ3) is 3.52. The molecule has 2 aromatic rings. The van der Waals surface area contributed by atoms with Gasteiger partial charge in [-0.1, -0.05) is 13.3 Å². The highest BCUT2D eigenvalue weighted by Crippen LogP contribution is 2.16. The van der Waals surface area contributed by atoms with E-state index in [0.29, 0.717) is 15.0 Å². The van der Waals surface area contributed by atoms with Crippen LogP contribution in [0.4, 0.5) is 10.2 Å². The van der Waals surface area contributed by atoms with Gasteiger partial charge in [0.25, 0.3) is 5.91 Å². The summed E-state index contributed by atoms with van der Waals surface area (Å²) >= 11 is 1.93. The van der Waals surface area contributed by atoms with Crippen LogP contribution < -0.4 is 5.32 Å². The number of aromatic amines is 1. The van der Waals surface area contributed by atoms with Gasteiger partial charge >= 0.3 is 0 Å². The summed E-state index contributed by atoms with van der Waals surface area (Å²) in [5.41, 5.74) is 1.41. The van der Waals surface area contributed by atoms with Crippen LogP contribution in [-0.2, 0) is 6.42 Å². The van der Waals surface area contributed by atoms with Gasteiger partial charge in [0.1, 0.15) is 5.82 Å². The van der Waals surface area contributed by atoms with Crippen LogP contribution in [0.2, 0.25) is 0 Å². The van der Waals surface area contributed by atoms with Gasteiger partial charge in [-0.2, -0.15) is 5.10 Å². The molecule has 6 heteroatoms. The number of anilines is 1. The summed E-state index contributed by atoms with van der Waals surface area (Å²) in [6.45, 7) is 2.07. The highest BCUT2D eigenvalue weighted by molar-refractivity contribution is 14.1. The molecule has 0 saturated heterocycles. The first-order chi connectivity index (χ1) is 9.10. The first-order valence-electron chi connectivity index (χ1n) is 5.91. The third-order valence-electron chi connectivity index (χ3n) is 2.57. The van der Waals surface area contributed by atoms with Crippen molar-refractivity contribution in [2.24, 2.45) is 0 Å². The number of aryl methyl sites for hydroxylation is 1. The van der Waals surface area contributed by atoms with Crippen LogP contribution in [-0.4, -0.2) is 16.1 Å². The maximum atomic E-state index is 13.0. The summed E-state index contributed by atoms with van der Waals surface area (Å²) in [4.78, 5) is 12.0. The molecule has 19 heavy (non-hydrogen) atoms. The molecule has 100 valence electrons. The van der Waals surface area contributed by atoms with Gasteiger partial charge in [0.2, 0.25) is 0 Å². The molecule has 4 nitrogen and oxygen atoms in total. The number of carbonyl (C=O) groups is 1. The Balaban J connectivity index is 2.11. The van der Waals surface area contributed by atoms with Crippen molar-refractivity contribution in [2.45, 2.75) is 19.8 Å². The van der Waals surface area contributed by atoms with Crippen molar-refractivity contribution >= 4 is 34.3 Å². The van der Waals surface area contributed by atoms with Crippen LogP contribution in [0.5, 0.6) is 0 Å². The SMILES string of the molecule is CCCc1cc(NC(=O)c2ccc(F)cc2I)n[nH]1. The number of carbonyl (C=O) groups excluding carboxylic acids is 1. The fourth-order valence-electron chi connectivity index (χ4n) is 1.68. The molecule has 0 aliphatic rings. The molecule has 0 bridgehead atoms. The van der Waals surface area contributed by atoms with E-state index in [0.717, 1.165) is 18.5 Å². The van der Waals surface area contributed by atoms with Gasteiger partial charge in [-0.15, -0.1) is 0 Å². The molecule has 1 amide bonds. The van der Waals surface area contributed by atoms with Crippen LogP contribution in [0.3, 0.4) is 0 Å². The molecule has 0 saturated carbocycles. The smallest absolute Gasteiger partial charge is 0.257 e. The average Bonchev–Trinajstić information content (AvgIpc) is 2.76. The maximum Gasteiger partial charge on any atom is 0.257 e. The fourth-order valence-corrected chi connectivity index (χ4v) is 2.40. The molecule has 0 aliphatic carbocycles. The third-order valence-corrected chi connectivity index (χ3v) is 3.46. The molecule has 2 N–H and O–H groups in total. The Kier molecular flexibility index (Phi) is 4.52. The summed E-state index contributed by atoms with van der Waals surface area (Å²) in [5.74, 6) is -0.168. The lowest BCUT2D eigenvalue weighted by atomic mass is 10.2. The number of hydrogen-bond acceptors (Lipinski definition) is 2. The van der Waals surface area contributed by atoms with E-state index in [1.807, 2.05) is 22.6 Å². The summed E-state index contributed by atoms with van der Waals surface area (Å²) in [6, 6.07) is 5.86. The van der Waals surface area contributed by atoms with Gasteiger partial charge in [-0.25, -0.2) is 4.39 Å². The molecular formula is C13H13FIN3O. The van der Waals surface area contributed by atoms with Gasteiger partial charge in [0.05, 0.1) is 5.56 Å². The topological polar surface area (TPSA) is 57.8 Å².